The summed E-state index contributed by atoms with van der Waals surface area (Å²) in [6.07, 6.45) is 0.417. The molecule has 1 saturated heterocycles. The topological polar surface area (TPSA) is 95.5 Å². The Labute approximate surface area is 147 Å². The number of fused-ring (bicyclic) bond motifs is 3. The largest absolute Gasteiger partial charge is 0.310 e. The number of hydrogen-bond acceptors (Lipinski definition) is 6. The number of aromatic nitrogens is 2. The molecule has 2 aromatic rings. The summed E-state index contributed by atoms with van der Waals surface area (Å²) in [5, 5.41) is 11.5. The molecule has 8 nitrogen and oxygen atoms in total. The van der Waals surface area contributed by atoms with E-state index in [1.165, 1.54) is 21.1 Å². The Morgan fingerprint density at radius 2 is 2.04 bits per heavy atom. The fourth-order valence-corrected chi connectivity index (χ4v) is 4.06. The molecule has 25 heavy (non-hydrogen) atoms. The normalized spacial score (nSPS) is 22.0. The van der Waals surface area contributed by atoms with Gasteiger partial charge in [-0.25, -0.2) is 0 Å². The highest BCUT2D eigenvalue weighted by Crippen LogP contribution is 2.44. The van der Waals surface area contributed by atoms with Gasteiger partial charge in [0.1, 0.15) is 5.01 Å². The predicted octanol–water partition coefficient (Wildman–Crippen LogP) is 1.39. The molecule has 0 saturated carbocycles. The van der Waals surface area contributed by atoms with Gasteiger partial charge in [-0.15, -0.1) is 10.2 Å². The maximum Gasteiger partial charge on any atom is 0.273 e. The van der Waals surface area contributed by atoms with Gasteiger partial charge in [0.05, 0.1) is 11.3 Å². The van der Waals surface area contributed by atoms with E-state index in [1.807, 2.05) is 0 Å². The first-order valence-electron chi connectivity index (χ1n) is 7.77. The highest BCUT2D eigenvalue weighted by molar-refractivity contribution is 7.15. The summed E-state index contributed by atoms with van der Waals surface area (Å²) in [7, 11) is 1.55. The van der Waals surface area contributed by atoms with Crippen LogP contribution in [0.15, 0.2) is 24.3 Å². The minimum atomic E-state index is -1.39. The van der Waals surface area contributed by atoms with Crippen molar-refractivity contribution in [1.82, 2.24) is 15.1 Å². The van der Waals surface area contributed by atoms with Crippen molar-refractivity contribution in [1.29, 1.82) is 0 Å². The van der Waals surface area contributed by atoms with Gasteiger partial charge in [-0.2, -0.15) is 0 Å². The molecule has 3 heterocycles. The Bertz CT molecular complexity index is 911. The number of aryl methyl sites for hydroxylation is 1. The summed E-state index contributed by atoms with van der Waals surface area (Å²) in [4.78, 5) is 41.3. The average Bonchev–Trinajstić information content (AvgIpc) is 3.17. The summed E-state index contributed by atoms with van der Waals surface area (Å²) in [6.45, 7) is 1.78. The highest BCUT2D eigenvalue weighted by atomic mass is 32.1. The third-order valence-corrected chi connectivity index (χ3v) is 5.41. The van der Waals surface area contributed by atoms with E-state index in [0.29, 0.717) is 21.4 Å². The van der Waals surface area contributed by atoms with Crippen LogP contribution in [-0.2, 0) is 9.59 Å². The molecule has 1 fully saturated rings. The zero-order valence-electron chi connectivity index (χ0n) is 13.6. The van der Waals surface area contributed by atoms with Crippen molar-refractivity contribution >= 4 is 39.9 Å². The highest BCUT2D eigenvalue weighted by Gasteiger charge is 2.59. The van der Waals surface area contributed by atoms with Gasteiger partial charge in [-0.3, -0.25) is 24.6 Å². The number of carbonyl (C=O) groups is 3. The number of benzene rings is 1. The molecule has 0 spiro atoms. The molecule has 4 rings (SSSR count). The van der Waals surface area contributed by atoms with Crippen LogP contribution in [0.1, 0.15) is 28.2 Å². The average molecular weight is 357 g/mol. The number of carbonyl (C=O) groups excluding carboxylic acids is 3. The van der Waals surface area contributed by atoms with Crippen LogP contribution in [-0.4, -0.2) is 45.5 Å². The van der Waals surface area contributed by atoms with Crippen LogP contribution in [0.25, 0.3) is 0 Å². The van der Waals surface area contributed by atoms with Crippen molar-refractivity contribution in [3.05, 3.63) is 34.8 Å². The van der Waals surface area contributed by atoms with E-state index in [0.717, 1.165) is 0 Å². The first kappa shape index (κ1) is 15.7. The van der Waals surface area contributed by atoms with Gasteiger partial charge in [0.25, 0.3) is 11.8 Å². The number of nitrogens with one attached hydrogen (secondary N) is 1. The van der Waals surface area contributed by atoms with E-state index in [2.05, 4.69) is 15.5 Å². The Morgan fingerprint density at radius 3 is 2.76 bits per heavy atom. The van der Waals surface area contributed by atoms with Crippen molar-refractivity contribution in [2.24, 2.45) is 0 Å². The van der Waals surface area contributed by atoms with Crippen LogP contribution in [0.5, 0.6) is 0 Å². The lowest BCUT2D eigenvalue weighted by Crippen LogP contribution is -2.68. The van der Waals surface area contributed by atoms with Crippen LogP contribution >= 0.6 is 11.3 Å². The lowest BCUT2D eigenvalue weighted by atomic mass is 9.96. The minimum Gasteiger partial charge on any atom is -0.310 e. The first-order chi connectivity index (χ1) is 11.9. The number of anilines is 2. The van der Waals surface area contributed by atoms with Gasteiger partial charge in [0.15, 0.2) is 0 Å². The lowest BCUT2D eigenvalue weighted by molar-refractivity contribution is -0.128. The van der Waals surface area contributed by atoms with E-state index in [9.17, 15) is 14.4 Å². The Morgan fingerprint density at radius 1 is 1.28 bits per heavy atom. The van der Waals surface area contributed by atoms with E-state index < -0.39 is 11.6 Å². The maximum atomic E-state index is 13.1. The molecule has 128 valence electrons. The molecule has 1 atom stereocenters. The molecule has 0 aliphatic carbocycles. The summed E-state index contributed by atoms with van der Waals surface area (Å²) < 4.78 is 0. The van der Waals surface area contributed by atoms with Crippen molar-refractivity contribution in [3.8, 4) is 0 Å². The second-order valence-corrected chi connectivity index (χ2v) is 7.19. The second kappa shape index (κ2) is 5.35. The number of para-hydroxylation sites is 1. The summed E-state index contributed by atoms with van der Waals surface area (Å²) in [5.41, 5.74) is -0.505. The predicted molar refractivity (Wildman–Crippen MR) is 91.3 cm³/mol. The van der Waals surface area contributed by atoms with Gasteiger partial charge in [0.2, 0.25) is 16.7 Å². The number of rotatable bonds is 2. The van der Waals surface area contributed by atoms with E-state index >= 15 is 0 Å². The van der Waals surface area contributed by atoms with Gasteiger partial charge < -0.3 is 4.90 Å². The Kier molecular flexibility index (Phi) is 3.36. The molecule has 1 N–H and O–H groups in total. The van der Waals surface area contributed by atoms with Crippen molar-refractivity contribution in [2.75, 3.05) is 17.3 Å². The maximum absolute atomic E-state index is 13.1. The fourth-order valence-electron chi connectivity index (χ4n) is 3.47. The molecule has 0 unspecified atom stereocenters. The first-order valence-corrected chi connectivity index (χ1v) is 8.58. The summed E-state index contributed by atoms with van der Waals surface area (Å²) in [6, 6.07) is 6.85. The number of hydrogen-bond donors (Lipinski definition) is 1. The fraction of sp³-hybridized carbons (Fsp3) is 0.312. The molecule has 2 aliphatic heterocycles. The van der Waals surface area contributed by atoms with Crippen LogP contribution in [0.3, 0.4) is 0 Å². The Hall–Kier alpha value is -2.81. The number of amides is 3. The molecule has 0 bridgehead atoms. The van der Waals surface area contributed by atoms with E-state index in [4.69, 9.17) is 0 Å². The summed E-state index contributed by atoms with van der Waals surface area (Å²) >= 11 is 1.24. The van der Waals surface area contributed by atoms with Crippen molar-refractivity contribution < 1.29 is 14.4 Å². The van der Waals surface area contributed by atoms with Crippen LogP contribution in [0.4, 0.5) is 10.8 Å². The van der Waals surface area contributed by atoms with Crippen LogP contribution in [0.2, 0.25) is 0 Å². The second-order valence-electron chi connectivity index (χ2n) is 6.01. The smallest absolute Gasteiger partial charge is 0.273 e. The third-order valence-electron chi connectivity index (χ3n) is 4.65. The number of nitrogens with zero attached hydrogens (tertiary/aromatic N) is 4. The molecule has 0 radical (unpaired) electrons. The third kappa shape index (κ3) is 2.08. The quantitative estimate of drug-likeness (QED) is 0.876. The molecule has 1 aromatic carbocycles. The zero-order chi connectivity index (χ0) is 17.8. The van der Waals surface area contributed by atoms with Gasteiger partial charge in [0, 0.05) is 19.9 Å². The molecule has 3 amide bonds. The molecule has 1 aromatic heterocycles. The van der Waals surface area contributed by atoms with Crippen molar-refractivity contribution in [3.63, 3.8) is 0 Å². The van der Waals surface area contributed by atoms with Gasteiger partial charge in [-0.05, 0) is 19.1 Å². The van der Waals surface area contributed by atoms with Crippen LogP contribution < -0.4 is 10.2 Å². The SMILES string of the molecule is Cc1nnc(NC(=O)[C@]23CCC(=O)N2c2ccccc2C(=O)N3C)s1. The monoisotopic (exact) mass is 357 g/mol. The lowest BCUT2D eigenvalue weighted by Gasteiger charge is -2.47. The van der Waals surface area contributed by atoms with Gasteiger partial charge >= 0.3 is 0 Å². The van der Waals surface area contributed by atoms with Gasteiger partial charge in [-0.1, -0.05) is 23.5 Å². The molecular weight excluding hydrogens is 342 g/mol. The minimum absolute atomic E-state index is 0.185. The standard InChI is InChI=1S/C16H15N5O3S/c1-9-18-19-15(25-9)17-14(24)16-8-7-12(22)21(16)11-6-4-3-5-10(11)13(23)20(16)2/h3-6H,7-8H2,1-2H3,(H,17,19,24)/t16-/m0/s1. The van der Waals surface area contributed by atoms with Crippen LogP contribution in [0, 0.1) is 6.92 Å². The zero-order valence-corrected chi connectivity index (χ0v) is 14.5. The van der Waals surface area contributed by atoms with E-state index in [1.54, 1.807) is 38.2 Å². The molecule has 9 heteroatoms. The molecular formula is C16H15N5O3S. The number of likely N-dealkylation sites (N-methyl/N-ethyl adjacent to an activating group) is 1. The molecule has 2 aliphatic rings. The summed E-state index contributed by atoms with van der Waals surface area (Å²) in [5.74, 6) is -0.930. The Balaban J connectivity index is 1.82. The van der Waals surface area contributed by atoms with E-state index in [-0.39, 0.29) is 24.7 Å². The van der Waals surface area contributed by atoms with Crippen molar-refractivity contribution in [2.45, 2.75) is 25.4 Å².